The van der Waals surface area contributed by atoms with E-state index >= 15 is 0 Å². The molecule has 6 aliphatic rings. The minimum atomic E-state index is -0.399. The van der Waals surface area contributed by atoms with Crippen molar-refractivity contribution in [1.29, 1.82) is 0 Å². The second-order valence-electron chi connectivity index (χ2n) is 21.0. The number of carbonyl (C=O) groups excluding carboxylic acids is 3. The van der Waals surface area contributed by atoms with E-state index in [1.165, 1.54) is 0 Å². The Morgan fingerprint density at radius 3 is 0.679 bits per heavy atom. The zero-order valence-corrected chi connectivity index (χ0v) is 48.4. The standard InChI is InChI=1S/C57H98O24/c1-2-57(42-73-30-27-67-18-15-61-9-12-64-21-24-70-33-36-76-54(58)45-3-6-48-51(39-45)79-48,43-74-31-28-68-19-16-62-10-13-65-22-25-71-34-37-77-55(59)46-4-7-49-52(40-46)80-49)44-75-32-29-69-20-17-63-11-14-66-23-26-72-35-38-78-56(60)47-5-8-50-53(41-47)81-50/h45-53H,2-44H2,1H3. The molecular formula is C57H98O24. The van der Waals surface area contributed by atoms with Crippen LogP contribution >= 0.6 is 0 Å². The van der Waals surface area contributed by atoms with Crippen LogP contribution in [0, 0.1) is 23.2 Å². The molecule has 81 heavy (non-hydrogen) atoms. The van der Waals surface area contributed by atoms with Gasteiger partial charge in [-0.1, -0.05) is 6.92 Å². The van der Waals surface area contributed by atoms with Crippen LogP contribution < -0.4 is 0 Å². The van der Waals surface area contributed by atoms with Crippen molar-refractivity contribution in [3.8, 4) is 0 Å². The van der Waals surface area contributed by atoms with Gasteiger partial charge in [-0.2, -0.15) is 0 Å². The Morgan fingerprint density at radius 1 is 0.284 bits per heavy atom. The molecule has 3 heterocycles. The van der Waals surface area contributed by atoms with Crippen LogP contribution in [0.25, 0.3) is 0 Å². The summed E-state index contributed by atoms with van der Waals surface area (Å²) in [5, 5.41) is 0. The Bertz CT molecular complexity index is 1450. The van der Waals surface area contributed by atoms with Gasteiger partial charge in [0.25, 0.3) is 0 Å². The number of hydrogen-bond donors (Lipinski definition) is 0. The Hall–Kier alpha value is -2.31. The van der Waals surface area contributed by atoms with E-state index in [0.717, 1.165) is 64.2 Å². The average Bonchev–Trinajstić information content (AvgIpc) is 4.58. The van der Waals surface area contributed by atoms with E-state index in [4.69, 9.17) is 99.5 Å². The zero-order chi connectivity index (χ0) is 56.7. The first kappa shape index (κ1) is 67.8. The lowest BCUT2D eigenvalue weighted by Crippen LogP contribution is -2.38. The van der Waals surface area contributed by atoms with Crippen LogP contribution in [0.3, 0.4) is 0 Å². The molecule has 3 saturated carbocycles. The van der Waals surface area contributed by atoms with Crippen LogP contribution in [0.1, 0.15) is 71.1 Å². The molecule has 3 saturated heterocycles. The molecule has 9 unspecified atom stereocenters. The van der Waals surface area contributed by atoms with Crippen molar-refractivity contribution in [2.24, 2.45) is 23.2 Å². The van der Waals surface area contributed by atoms with Crippen LogP contribution in [-0.2, 0) is 114 Å². The van der Waals surface area contributed by atoms with E-state index in [1.54, 1.807) is 0 Å². The van der Waals surface area contributed by atoms with Gasteiger partial charge in [-0.15, -0.1) is 0 Å². The number of esters is 3. The largest absolute Gasteiger partial charge is 0.463 e. The summed E-state index contributed by atoms with van der Waals surface area (Å²) < 4.78 is 118. The molecule has 0 bridgehead atoms. The molecule has 3 aliphatic heterocycles. The SMILES string of the molecule is CCC(COCCOCCOCCOCCOCCOC(=O)C1CCC2OC2C1)(COCCOCCOCCOCCOCCOC(=O)C1CCC2OC2C1)COCCOCCOCCOCCOCCOC(=O)C1CCC2OC2C1. The molecule has 0 aromatic carbocycles. The fraction of sp³-hybridized carbons (Fsp3) is 0.947. The first-order valence-corrected chi connectivity index (χ1v) is 30.1. The monoisotopic (exact) mass is 1170 g/mol. The predicted molar refractivity (Wildman–Crippen MR) is 286 cm³/mol. The second kappa shape index (κ2) is 42.5. The Labute approximate surface area is 479 Å². The van der Waals surface area contributed by atoms with Gasteiger partial charge in [-0.25, -0.2) is 0 Å². The number of fused-ring (bicyclic) bond motifs is 3. The molecular weight excluding hydrogens is 1070 g/mol. The van der Waals surface area contributed by atoms with Crippen molar-refractivity contribution in [2.75, 3.05) is 218 Å². The third kappa shape index (κ3) is 30.6. The molecule has 24 nitrogen and oxygen atoms in total. The third-order valence-electron chi connectivity index (χ3n) is 14.9. The van der Waals surface area contributed by atoms with Crippen molar-refractivity contribution in [3.05, 3.63) is 0 Å². The summed E-state index contributed by atoms with van der Waals surface area (Å²) >= 11 is 0. The van der Waals surface area contributed by atoms with E-state index in [9.17, 15) is 14.4 Å². The van der Waals surface area contributed by atoms with Gasteiger partial charge in [0, 0.05) is 5.41 Å². The zero-order valence-electron chi connectivity index (χ0n) is 48.4. The number of epoxide rings is 3. The highest BCUT2D eigenvalue weighted by Gasteiger charge is 2.48. The molecule has 24 heteroatoms. The summed E-state index contributed by atoms with van der Waals surface area (Å²) in [5.41, 5.74) is -0.399. The Balaban J connectivity index is 0.708. The predicted octanol–water partition coefficient (Wildman–Crippen LogP) is 2.96. The molecule has 3 aliphatic carbocycles. The molecule has 0 radical (unpaired) electrons. The van der Waals surface area contributed by atoms with Gasteiger partial charge in [0.05, 0.1) is 253 Å². The molecule has 6 rings (SSSR count). The van der Waals surface area contributed by atoms with Crippen molar-refractivity contribution in [3.63, 3.8) is 0 Å². The number of rotatable bonds is 55. The smallest absolute Gasteiger partial charge is 0.309 e. The molecule has 0 aromatic rings. The quantitative estimate of drug-likeness (QED) is 0.0367. The summed E-state index contributed by atoms with van der Waals surface area (Å²) in [7, 11) is 0. The van der Waals surface area contributed by atoms with E-state index in [-0.39, 0.29) is 73.8 Å². The highest BCUT2D eigenvalue weighted by molar-refractivity contribution is 5.73. The molecule has 0 amide bonds. The lowest BCUT2D eigenvalue weighted by Gasteiger charge is -2.32. The number of carbonyl (C=O) groups is 3. The van der Waals surface area contributed by atoms with Crippen LogP contribution in [0.2, 0.25) is 0 Å². The highest BCUT2D eigenvalue weighted by atomic mass is 16.6. The van der Waals surface area contributed by atoms with Gasteiger partial charge < -0.3 is 99.5 Å². The topological polar surface area (TPSA) is 255 Å². The lowest BCUT2D eigenvalue weighted by atomic mass is 9.88. The normalized spacial score (nSPS) is 25.1. The maximum atomic E-state index is 12.2. The minimum Gasteiger partial charge on any atom is -0.463 e. The molecule has 0 aromatic heterocycles. The summed E-state index contributed by atoms with van der Waals surface area (Å²) in [4.78, 5) is 36.6. The van der Waals surface area contributed by atoms with E-state index in [1.807, 2.05) is 0 Å². The summed E-state index contributed by atoms with van der Waals surface area (Å²) in [6.07, 6.45) is 10.2. The second-order valence-corrected chi connectivity index (χ2v) is 21.0. The maximum Gasteiger partial charge on any atom is 0.309 e. The lowest BCUT2D eigenvalue weighted by molar-refractivity contribution is -0.152. The molecule has 0 N–H and O–H groups in total. The van der Waals surface area contributed by atoms with Crippen molar-refractivity contribution in [2.45, 2.75) is 108 Å². The fourth-order valence-electron chi connectivity index (χ4n) is 9.75. The third-order valence-corrected chi connectivity index (χ3v) is 14.9. The van der Waals surface area contributed by atoms with Crippen molar-refractivity contribution < 1.29 is 114 Å². The number of ether oxygens (including phenoxy) is 21. The van der Waals surface area contributed by atoms with Crippen molar-refractivity contribution in [1.82, 2.24) is 0 Å². The van der Waals surface area contributed by atoms with Crippen LogP contribution in [0.5, 0.6) is 0 Å². The highest BCUT2D eigenvalue weighted by Crippen LogP contribution is 2.41. The Kier molecular flexibility index (Phi) is 35.6. The molecule has 9 atom stereocenters. The summed E-state index contributed by atoms with van der Waals surface area (Å²) in [5.74, 6) is -0.627. The molecule has 6 fully saturated rings. The van der Waals surface area contributed by atoms with Crippen LogP contribution in [-0.4, -0.2) is 273 Å². The van der Waals surface area contributed by atoms with Gasteiger partial charge in [0.15, 0.2) is 0 Å². The van der Waals surface area contributed by atoms with E-state index < -0.39 is 5.41 Å². The van der Waals surface area contributed by atoms with Gasteiger partial charge >= 0.3 is 17.9 Å². The average molecular weight is 1170 g/mol. The first-order valence-electron chi connectivity index (χ1n) is 30.1. The van der Waals surface area contributed by atoms with E-state index in [2.05, 4.69) is 6.92 Å². The van der Waals surface area contributed by atoms with Gasteiger partial charge in [0.1, 0.15) is 19.8 Å². The van der Waals surface area contributed by atoms with Crippen LogP contribution in [0.4, 0.5) is 0 Å². The van der Waals surface area contributed by atoms with Crippen molar-refractivity contribution >= 4 is 17.9 Å². The Morgan fingerprint density at radius 2 is 0.481 bits per heavy atom. The summed E-state index contributed by atoms with van der Waals surface area (Å²) in [6.45, 7) is 15.2. The summed E-state index contributed by atoms with van der Waals surface area (Å²) in [6, 6.07) is 0. The first-order chi connectivity index (χ1) is 39.9. The fourth-order valence-corrected chi connectivity index (χ4v) is 9.75. The number of hydrogen-bond acceptors (Lipinski definition) is 24. The maximum absolute atomic E-state index is 12.2. The van der Waals surface area contributed by atoms with Gasteiger partial charge in [0.2, 0.25) is 0 Å². The minimum absolute atomic E-state index is 0.0558. The van der Waals surface area contributed by atoms with Gasteiger partial charge in [-0.05, 0) is 64.2 Å². The van der Waals surface area contributed by atoms with Crippen LogP contribution in [0.15, 0.2) is 0 Å². The molecule has 0 spiro atoms. The van der Waals surface area contributed by atoms with Gasteiger partial charge in [-0.3, -0.25) is 14.4 Å². The molecule has 470 valence electrons. The van der Waals surface area contributed by atoms with E-state index in [0.29, 0.717) is 217 Å².